The summed E-state index contributed by atoms with van der Waals surface area (Å²) in [5.74, 6) is 1.85. The molecule has 0 amide bonds. The van der Waals surface area contributed by atoms with Crippen LogP contribution >= 0.6 is 0 Å². The molecule has 17 nitrogen and oxygen atoms in total. The topological polar surface area (TPSA) is 205 Å². The zero-order valence-electron chi connectivity index (χ0n) is 35.0. The quantitative estimate of drug-likeness (QED) is 0.227. The number of hydrogen-bond donors (Lipinski definition) is 1. The van der Waals surface area contributed by atoms with Gasteiger partial charge in [0.1, 0.15) is 19.0 Å². The first-order valence-corrected chi connectivity index (χ1v) is 20.3. The van der Waals surface area contributed by atoms with Crippen LogP contribution in [0.2, 0.25) is 0 Å². The van der Waals surface area contributed by atoms with Gasteiger partial charge in [-0.3, -0.25) is 29.2 Å². The Labute approximate surface area is 352 Å². The molecular formula is C44H52N8O9. The van der Waals surface area contributed by atoms with Crippen molar-refractivity contribution in [3.63, 3.8) is 0 Å². The van der Waals surface area contributed by atoms with E-state index < -0.39 is 0 Å². The molecule has 5 aromatic rings. The van der Waals surface area contributed by atoms with E-state index in [1.54, 1.807) is 10.8 Å². The summed E-state index contributed by atoms with van der Waals surface area (Å²) in [5.41, 5.74) is 6.61. The summed E-state index contributed by atoms with van der Waals surface area (Å²) in [5, 5.41) is 3.66. The van der Waals surface area contributed by atoms with Crippen LogP contribution in [0, 0.1) is 13.8 Å². The molecule has 2 saturated heterocycles. The number of ketones is 1. The summed E-state index contributed by atoms with van der Waals surface area (Å²) in [4.78, 5) is 86.4. The average molecular weight is 837 g/mol. The van der Waals surface area contributed by atoms with Crippen molar-refractivity contribution >= 4 is 40.2 Å². The molecule has 322 valence electrons. The molecule has 17 heteroatoms. The van der Waals surface area contributed by atoms with E-state index in [2.05, 4.69) is 50.0 Å². The van der Waals surface area contributed by atoms with Crippen LogP contribution in [0.5, 0.6) is 11.5 Å². The molecule has 0 spiro atoms. The number of piperidine rings is 2. The summed E-state index contributed by atoms with van der Waals surface area (Å²) in [6.45, 7) is 15.0. The maximum absolute atomic E-state index is 12.5. The molecule has 3 unspecified atom stereocenters. The Kier molecular flexibility index (Phi) is 16.8. The Morgan fingerprint density at radius 3 is 1.77 bits per heavy atom. The highest BCUT2D eigenvalue weighted by Gasteiger charge is 2.26. The summed E-state index contributed by atoms with van der Waals surface area (Å²) in [6, 6.07) is 15.1. The van der Waals surface area contributed by atoms with Crippen LogP contribution in [0.25, 0.3) is 22.1 Å². The van der Waals surface area contributed by atoms with Gasteiger partial charge in [0, 0.05) is 76.3 Å². The van der Waals surface area contributed by atoms with E-state index in [-0.39, 0.29) is 29.5 Å². The molecule has 8 rings (SSSR count). The zero-order chi connectivity index (χ0) is 43.9. The predicted molar refractivity (Wildman–Crippen MR) is 223 cm³/mol. The van der Waals surface area contributed by atoms with Gasteiger partial charge in [0.25, 0.3) is 11.1 Å². The largest absolute Gasteiger partial charge is 0.486 e. The minimum atomic E-state index is -0.0705. The highest BCUT2D eigenvalue weighted by atomic mass is 16.6. The second kappa shape index (κ2) is 22.4. The molecule has 61 heavy (non-hydrogen) atoms. The van der Waals surface area contributed by atoms with Gasteiger partial charge >= 0.3 is 12.3 Å². The summed E-state index contributed by atoms with van der Waals surface area (Å²) in [6.07, 6.45) is 8.45. The molecule has 6 heterocycles. The van der Waals surface area contributed by atoms with Gasteiger partial charge in [-0.2, -0.15) is 19.2 Å². The molecule has 3 aliphatic heterocycles. The van der Waals surface area contributed by atoms with Gasteiger partial charge in [-0.05, 0) is 82.5 Å². The van der Waals surface area contributed by atoms with Crippen LogP contribution in [-0.2, 0) is 43.6 Å². The van der Waals surface area contributed by atoms with Crippen molar-refractivity contribution in [3.05, 3.63) is 98.6 Å². The number of ether oxygens (including phenoxy) is 2. The first kappa shape index (κ1) is 45.9. The van der Waals surface area contributed by atoms with Crippen LogP contribution in [0.3, 0.4) is 0 Å². The summed E-state index contributed by atoms with van der Waals surface area (Å²) >= 11 is 0. The lowest BCUT2D eigenvalue weighted by molar-refractivity contribution is -0.193. The van der Waals surface area contributed by atoms with Gasteiger partial charge in [-0.1, -0.05) is 12.1 Å². The molecule has 1 N–H and O–H groups in total. The van der Waals surface area contributed by atoms with Gasteiger partial charge in [-0.25, -0.2) is 9.97 Å². The molecule has 0 bridgehead atoms. The van der Waals surface area contributed by atoms with Crippen LogP contribution in [0.15, 0.2) is 70.6 Å². The van der Waals surface area contributed by atoms with Crippen molar-refractivity contribution in [1.82, 2.24) is 39.2 Å². The smallest absolute Gasteiger partial charge is 0.373 e. The fourth-order valence-corrected chi connectivity index (χ4v) is 7.92. The zero-order valence-corrected chi connectivity index (χ0v) is 35.0. The van der Waals surface area contributed by atoms with E-state index in [1.165, 1.54) is 12.4 Å². The average Bonchev–Trinajstić information content (AvgIpc) is 3.24. The third kappa shape index (κ3) is 12.6. The highest BCUT2D eigenvalue weighted by molar-refractivity contribution is 5.80. The molecule has 2 fully saturated rings. The second-order valence-electron chi connectivity index (χ2n) is 15.3. The normalized spacial score (nSPS) is 18.6. The SMILES string of the molecule is Cc1ccc2ncc(=O)n(CCN3CCC(=O)CC3C)c2c1.Cc1ccc2ncc(=O)n(CCN3CCC(NCc4cc5c(cn4)OCCO5)CC3C)c2c1.O=C=O.O=C=O. The van der Waals surface area contributed by atoms with Crippen molar-refractivity contribution in [2.75, 3.05) is 39.4 Å². The van der Waals surface area contributed by atoms with Crippen molar-refractivity contribution in [3.8, 4) is 11.5 Å². The van der Waals surface area contributed by atoms with Crippen molar-refractivity contribution in [2.45, 2.75) is 91.1 Å². The van der Waals surface area contributed by atoms with E-state index >= 15 is 0 Å². The van der Waals surface area contributed by atoms with Crippen molar-refractivity contribution in [1.29, 1.82) is 0 Å². The molecule has 3 aromatic heterocycles. The summed E-state index contributed by atoms with van der Waals surface area (Å²) in [7, 11) is 0. The number of Topliss-reactive ketones (excluding diaryl/α,β-unsaturated/α-hetero) is 1. The first-order valence-electron chi connectivity index (χ1n) is 20.3. The van der Waals surface area contributed by atoms with Gasteiger partial charge in [0.05, 0.1) is 46.4 Å². The number of nitrogens with one attached hydrogen (secondary N) is 1. The highest BCUT2D eigenvalue weighted by Crippen LogP contribution is 2.29. The van der Waals surface area contributed by atoms with Crippen LogP contribution < -0.4 is 25.9 Å². The maximum atomic E-state index is 12.5. The number of rotatable bonds is 9. The van der Waals surface area contributed by atoms with E-state index in [1.807, 2.05) is 54.8 Å². The number of nitrogens with zero attached hydrogens (tertiary/aromatic N) is 7. The van der Waals surface area contributed by atoms with E-state index in [9.17, 15) is 14.4 Å². The Hall–Kier alpha value is -6.22. The van der Waals surface area contributed by atoms with Gasteiger partial charge < -0.3 is 23.9 Å². The maximum Gasteiger partial charge on any atom is 0.373 e. The molecule has 0 radical (unpaired) electrons. The van der Waals surface area contributed by atoms with E-state index in [0.717, 1.165) is 89.4 Å². The number of carbonyl (C=O) groups is 1. The Morgan fingerprint density at radius 1 is 0.689 bits per heavy atom. The number of hydrogen-bond acceptors (Lipinski definition) is 15. The predicted octanol–water partition coefficient (Wildman–Crippen LogP) is 3.11. The molecule has 0 saturated carbocycles. The number of pyridine rings is 1. The fraction of sp³-hybridized carbons (Fsp3) is 0.455. The minimum Gasteiger partial charge on any atom is -0.486 e. The van der Waals surface area contributed by atoms with Gasteiger partial charge in [0.15, 0.2) is 11.5 Å². The number of fused-ring (bicyclic) bond motifs is 3. The van der Waals surface area contributed by atoms with E-state index in [0.29, 0.717) is 63.6 Å². The van der Waals surface area contributed by atoms with Gasteiger partial charge in [-0.15, -0.1) is 0 Å². The molecule has 3 aliphatic rings. The lowest BCUT2D eigenvalue weighted by Crippen LogP contribution is -2.48. The standard InChI is InChI=1S/C25H31N5O3.C17H21N3O2.2CO2/c1-17-3-4-21-22(11-17)30(25(31)16-28-21)8-7-29-6-5-19(12-18(29)2)26-14-20-13-23-24(15-27-20)33-10-9-32-23;1-12-3-4-15-16(9-12)20(17(22)11-18-15)8-7-19-6-5-14(21)10-13(19)2;2*2-1-3/h3-4,11,13,15-16,18-19,26H,5-10,12,14H2,1-2H3;3-4,9,11,13H,5-8,10H2,1-2H3;;. The first-order chi connectivity index (χ1) is 29.4. The second-order valence-corrected chi connectivity index (χ2v) is 15.3. The van der Waals surface area contributed by atoms with Crippen molar-refractivity contribution < 1.29 is 33.4 Å². The third-order valence-electron chi connectivity index (χ3n) is 11.1. The number of benzene rings is 2. The summed E-state index contributed by atoms with van der Waals surface area (Å²) < 4.78 is 14.9. The molecule has 3 atom stereocenters. The molecular weight excluding hydrogens is 785 g/mol. The number of carbonyl (C=O) groups excluding carboxylic acids is 5. The van der Waals surface area contributed by atoms with Crippen molar-refractivity contribution in [2.24, 2.45) is 0 Å². The Morgan fingerprint density at radius 2 is 1.23 bits per heavy atom. The third-order valence-corrected chi connectivity index (χ3v) is 11.1. The Bertz CT molecular complexity index is 2460. The lowest BCUT2D eigenvalue weighted by Gasteiger charge is -2.38. The molecule has 0 aliphatic carbocycles. The Balaban J connectivity index is 0.000000217. The number of likely N-dealkylation sites (tertiary alicyclic amines) is 2. The van der Waals surface area contributed by atoms with Gasteiger partial charge in [0.2, 0.25) is 0 Å². The lowest BCUT2D eigenvalue weighted by atomic mass is 9.98. The van der Waals surface area contributed by atoms with Crippen LogP contribution in [0.1, 0.15) is 56.4 Å². The van der Waals surface area contributed by atoms with Crippen LogP contribution in [0.4, 0.5) is 0 Å². The van der Waals surface area contributed by atoms with E-state index in [4.69, 9.17) is 28.7 Å². The number of aromatic nitrogens is 5. The molecule has 2 aromatic carbocycles. The monoisotopic (exact) mass is 836 g/mol. The van der Waals surface area contributed by atoms with Crippen LogP contribution in [-0.4, -0.2) is 109 Å². The number of aryl methyl sites for hydroxylation is 2. The minimum absolute atomic E-state index is 0.0377. The fourth-order valence-electron chi connectivity index (χ4n) is 7.92.